The summed E-state index contributed by atoms with van der Waals surface area (Å²) in [5.41, 5.74) is 4.36. The molecule has 3 heterocycles. The van der Waals surface area contributed by atoms with Crippen LogP contribution in [0.15, 0.2) is 18.3 Å². The van der Waals surface area contributed by atoms with Crippen molar-refractivity contribution in [1.82, 2.24) is 14.7 Å². The maximum atomic E-state index is 5.52. The van der Waals surface area contributed by atoms with E-state index in [1.165, 1.54) is 68.1 Å². The highest BCUT2D eigenvalue weighted by molar-refractivity contribution is 5.83. The molecule has 134 valence electrons. The van der Waals surface area contributed by atoms with Crippen LogP contribution in [0, 0.1) is 6.92 Å². The van der Waals surface area contributed by atoms with Crippen molar-refractivity contribution in [3.8, 4) is 0 Å². The van der Waals surface area contributed by atoms with Crippen molar-refractivity contribution in [1.29, 1.82) is 0 Å². The molecule has 1 aliphatic carbocycles. The van der Waals surface area contributed by atoms with Gasteiger partial charge in [-0.3, -0.25) is 4.68 Å². The molecule has 2 aromatic rings. The molecule has 5 rings (SSSR count). The van der Waals surface area contributed by atoms with Crippen LogP contribution in [-0.2, 0) is 4.74 Å². The number of benzene rings is 1. The molecule has 3 aliphatic rings. The van der Waals surface area contributed by atoms with Crippen LogP contribution in [-0.4, -0.2) is 47.0 Å². The number of piperidine rings is 1. The lowest BCUT2D eigenvalue weighted by molar-refractivity contribution is 0.0215. The Balaban J connectivity index is 1.33. The van der Waals surface area contributed by atoms with Crippen LogP contribution >= 0.6 is 0 Å². The van der Waals surface area contributed by atoms with E-state index in [2.05, 4.69) is 34.8 Å². The number of aromatic nitrogens is 2. The normalized spacial score (nSPS) is 24.2. The molecule has 4 nitrogen and oxygen atoms in total. The van der Waals surface area contributed by atoms with Gasteiger partial charge in [0.2, 0.25) is 0 Å². The first kappa shape index (κ1) is 15.8. The number of hydrogen-bond acceptors (Lipinski definition) is 3. The lowest BCUT2D eigenvalue weighted by Crippen LogP contribution is -2.44. The predicted octanol–water partition coefficient (Wildman–Crippen LogP) is 4.04. The van der Waals surface area contributed by atoms with Gasteiger partial charge in [0.15, 0.2) is 0 Å². The van der Waals surface area contributed by atoms with Gasteiger partial charge in [0, 0.05) is 37.7 Å². The third-order valence-electron chi connectivity index (χ3n) is 6.66. The summed E-state index contributed by atoms with van der Waals surface area (Å²) < 4.78 is 7.84. The molecule has 0 radical (unpaired) electrons. The van der Waals surface area contributed by atoms with Gasteiger partial charge in [-0.2, -0.15) is 5.10 Å². The lowest BCUT2D eigenvalue weighted by Gasteiger charge is -2.39. The van der Waals surface area contributed by atoms with E-state index in [-0.39, 0.29) is 0 Å². The van der Waals surface area contributed by atoms with Gasteiger partial charge in [0.1, 0.15) is 0 Å². The van der Waals surface area contributed by atoms with Crippen LogP contribution in [0.2, 0.25) is 0 Å². The minimum atomic E-state index is 0.555. The standard InChI is InChI=1S/C21H29N3O/c1-15-19(16-2-3-16)4-5-21-20(15)14-22-24(21)18-6-10-23(11-7-18)17-8-12-25-13-9-17/h4-5,14,16-18H,2-3,6-13H2,1H3. The summed E-state index contributed by atoms with van der Waals surface area (Å²) in [6.07, 6.45) is 9.70. The van der Waals surface area contributed by atoms with E-state index in [0.717, 1.165) is 25.2 Å². The van der Waals surface area contributed by atoms with E-state index >= 15 is 0 Å². The minimum Gasteiger partial charge on any atom is -0.381 e. The van der Waals surface area contributed by atoms with Gasteiger partial charge in [0.05, 0.1) is 17.8 Å². The van der Waals surface area contributed by atoms with Crippen molar-refractivity contribution in [3.05, 3.63) is 29.5 Å². The van der Waals surface area contributed by atoms with E-state index in [9.17, 15) is 0 Å². The van der Waals surface area contributed by atoms with E-state index in [1.54, 1.807) is 5.56 Å². The smallest absolute Gasteiger partial charge is 0.0688 e. The number of likely N-dealkylation sites (tertiary alicyclic amines) is 1. The van der Waals surface area contributed by atoms with Gasteiger partial charge >= 0.3 is 0 Å². The second kappa shape index (κ2) is 6.40. The summed E-state index contributed by atoms with van der Waals surface area (Å²) in [6.45, 7) is 6.58. The summed E-state index contributed by atoms with van der Waals surface area (Å²) in [5.74, 6) is 0.815. The zero-order valence-corrected chi connectivity index (χ0v) is 15.3. The van der Waals surface area contributed by atoms with Crippen molar-refractivity contribution in [2.24, 2.45) is 0 Å². The number of aryl methyl sites for hydroxylation is 1. The Labute approximate surface area is 150 Å². The largest absolute Gasteiger partial charge is 0.381 e. The summed E-state index contributed by atoms with van der Waals surface area (Å²) >= 11 is 0. The molecule has 2 saturated heterocycles. The molecule has 4 heteroatoms. The van der Waals surface area contributed by atoms with Gasteiger partial charge in [-0.1, -0.05) is 6.07 Å². The predicted molar refractivity (Wildman–Crippen MR) is 100 cm³/mol. The topological polar surface area (TPSA) is 30.3 Å². The van der Waals surface area contributed by atoms with Crippen LogP contribution in [0.4, 0.5) is 0 Å². The van der Waals surface area contributed by atoms with Gasteiger partial charge in [-0.25, -0.2) is 0 Å². The van der Waals surface area contributed by atoms with Gasteiger partial charge in [-0.05, 0) is 68.6 Å². The second-order valence-corrected chi connectivity index (χ2v) is 8.19. The Hall–Kier alpha value is -1.39. The molecule has 2 aliphatic heterocycles. The van der Waals surface area contributed by atoms with Gasteiger partial charge in [0.25, 0.3) is 0 Å². The molecule has 1 aromatic heterocycles. The maximum absolute atomic E-state index is 5.52. The Morgan fingerprint density at radius 3 is 2.44 bits per heavy atom. The first-order chi connectivity index (χ1) is 12.3. The third kappa shape index (κ3) is 2.89. The first-order valence-electron chi connectivity index (χ1n) is 10.1. The molecule has 0 bridgehead atoms. The fourth-order valence-electron chi connectivity index (χ4n) is 4.95. The Morgan fingerprint density at radius 2 is 1.72 bits per heavy atom. The van der Waals surface area contributed by atoms with E-state index in [0.29, 0.717) is 6.04 Å². The minimum absolute atomic E-state index is 0.555. The van der Waals surface area contributed by atoms with Crippen molar-refractivity contribution < 1.29 is 4.74 Å². The Kier molecular flexibility index (Phi) is 4.05. The number of fused-ring (bicyclic) bond motifs is 1. The molecule has 0 N–H and O–H groups in total. The monoisotopic (exact) mass is 339 g/mol. The molecule has 0 spiro atoms. The van der Waals surface area contributed by atoms with Crippen LogP contribution in [0.3, 0.4) is 0 Å². The quantitative estimate of drug-likeness (QED) is 0.845. The summed E-state index contributed by atoms with van der Waals surface area (Å²) in [7, 11) is 0. The molecular weight excluding hydrogens is 310 g/mol. The van der Waals surface area contributed by atoms with Crippen LogP contribution in [0.25, 0.3) is 10.9 Å². The number of hydrogen-bond donors (Lipinski definition) is 0. The molecule has 0 atom stereocenters. The van der Waals surface area contributed by atoms with Gasteiger partial charge < -0.3 is 9.64 Å². The highest BCUT2D eigenvalue weighted by Gasteiger charge is 2.29. The molecule has 0 amide bonds. The van der Waals surface area contributed by atoms with Crippen molar-refractivity contribution in [2.75, 3.05) is 26.3 Å². The molecular formula is C21H29N3O. The molecule has 3 fully saturated rings. The van der Waals surface area contributed by atoms with Crippen molar-refractivity contribution in [3.63, 3.8) is 0 Å². The lowest BCUT2D eigenvalue weighted by atomic mass is 9.98. The number of ether oxygens (including phenoxy) is 1. The summed E-state index contributed by atoms with van der Waals surface area (Å²) in [6, 6.07) is 5.99. The third-order valence-corrected chi connectivity index (χ3v) is 6.66. The Morgan fingerprint density at radius 1 is 0.960 bits per heavy atom. The molecule has 0 unspecified atom stereocenters. The average Bonchev–Trinajstić information content (AvgIpc) is 3.41. The maximum Gasteiger partial charge on any atom is 0.0688 e. The van der Waals surface area contributed by atoms with Crippen LogP contribution in [0.5, 0.6) is 0 Å². The SMILES string of the molecule is Cc1c(C2CC2)ccc2c1cnn2C1CCN(C2CCOCC2)CC1. The average molecular weight is 339 g/mol. The summed E-state index contributed by atoms with van der Waals surface area (Å²) in [4.78, 5) is 2.70. The van der Waals surface area contributed by atoms with Crippen molar-refractivity contribution >= 4 is 10.9 Å². The second-order valence-electron chi connectivity index (χ2n) is 8.19. The Bertz CT molecular complexity index is 750. The zero-order chi connectivity index (χ0) is 16.8. The molecule has 1 saturated carbocycles. The fraction of sp³-hybridized carbons (Fsp3) is 0.667. The first-order valence-corrected chi connectivity index (χ1v) is 10.1. The van der Waals surface area contributed by atoms with Gasteiger partial charge in [-0.15, -0.1) is 0 Å². The number of rotatable bonds is 3. The van der Waals surface area contributed by atoms with E-state index in [1.807, 2.05) is 0 Å². The number of nitrogens with zero attached hydrogens (tertiary/aromatic N) is 3. The van der Waals surface area contributed by atoms with Crippen LogP contribution in [0.1, 0.15) is 61.6 Å². The summed E-state index contributed by atoms with van der Waals surface area (Å²) in [5, 5.41) is 6.19. The van der Waals surface area contributed by atoms with E-state index in [4.69, 9.17) is 9.84 Å². The fourth-order valence-corrected chi connectivity index (χ4v) is 4.95. The van der Waals surface area contributed by atoms with Crippen LogP contribution < -0.4 is 0 Å². The highest BCUT2D eigenvalue weighted by atomic mass is 16.5. The highest BCUT2D eigenvalue weighted by Crippen LogP contribution is 2.43. The van der Waals surface area contributed by atoms with E-state index < -0.39 is 0 Å². The van der Waals surface area contributed by atoms with Crippen molar-refractivity contribution in [2.45, 2.75) is 63.5 Å². The molecule has 1 aromatic carbocycles. The zero-order valence-electron chi connectivity index (χ0n) is 15.3. The molecule has 25 heavy (non-hydrogen) atoms.